The molecule has 2 saturated heterocycles. The fourth-order valence-corrected chi connectivity index (χ4v) is 5.55. The number of rotatable bonds is 6. The molecule has 0 unspecified atom stereocenters. The van der Waals surface area contributed by atoms with Crippen LogP contribution < -0.4 is 15.0 Å². The monoisotopic (exact) mass is 497 g/mol. The highest BCUT2D eigenvalue weighted by atomic mass is 16.5. The summed E-state index contributed by atoms with van der Waals surface area (Å²) in [6.45, 7) is 4.67. The van der Waals surface area contributed by atoms with Gasteiger partial charge < -0.3 is 19.9 Å². The molecule has 0 radical (unpaired) electrons. The standard InChI is InChI=1S/C28H31N7O2/c1-33-10-6-9-28(17-33)18-35(19-28)26-14-29-24(13-30-26)27(36)31-23-11-21-15-34(2)32-22(21)12-25(23)37-16-20-7-4-3-5-8-20/h3-5,7-8,11-15H,6,9-10,16-19H2,1-2H3,(H,31,36). The molecule has 1 amide bonds. The van der Waals surface area contributed by atoms with Gasteiger partial charge in [0.2, 0.25) is 0 Å². The predicted molar refractivity (Wildman–Crippen MR) is 143 cm³/mol. The van der Waals surface area contributed by atoms with Crippen molar-refractivity contribution >= 4 is 28.3 Å². The molecule has 0 bridgehead atoms. The number of amides is 1. The minimum absolute atomic E-state index is 0.261. The summed E-state index contributed by atoms with van der Waals surface area (Å²) in [7, 11) is 4.06. The molecule has 0 saturated carbocycles. The van der Waals surface area contributed by atoms with Gasteiger partial charge in [0.25, 0.3) is 5.91 Å². The topological polar surface area (TPSA) is 88.4 Å². The Morgan fingerprint density at radius 1 is 1.08 bits per heavy atom. The smallest absolute Gasteiger partial charge is 0.275 e. The van der Waals surface area contributed by atoms with Gasteiger partial charge in [0.05, 0.1) is 23.6 Å². The number of nitrogens with one attached hydrogen (secondary N) is 1. The van der Waals surface area contributed by atoms with Crippen LogP contribution in [0.5, 0.6) is 5.75 Å². The maximum atomic E-state index is 13.1. The third-order valence-corrected chi connectivity index (χ3v) is 7.31. The molecule has 6 rings (SSSR count). The molecule has 4 heterocycles. The van der Waals surface area contributed by atoms with Gasteiger partial charge in [-0.25, -0.2) is 9.97 Å². The highest BCUT2D eigenvalue weighted by Gasteiger charge is 2.45. The molecule has 4 aromatic rings. The average Bonchev–Trinajstić information content (AvgIpc) is 3.25. The van der Waals surface area contributed by atoms with E-state index in [-0.39, 0.29) is 11.6 Å². The van der Waals surface area contributed by atoms with Crippen molar-refractivity contribution in [2.24, 2.45) is 12.5 Å². The molecule has 2 aromatic carbocycles. The SMILES string of the molecule is CN1CCCC2(C1)CN(c1cnc(C(=O)Nc3cc4cn(C)nc4cc3OCc3ccccc3)cn1)C2. The van der Waals surface area contributed by atoms with Crippen molar-refractivity contribution in [1.29, 1.82) is 0 Å². The molecule has 2 aliphatic heterocycles. The second-order valence-electron chi connectivity index (χ2n) is 10.4. The number of likely N-dealkylation sites (tertiary alicyclic amines) is 1. The molecule has 2 aromatic heterocycles. The van der Waals surface area contributed by atoms with Gasteiger partial charge in [0.15, 0.2) is 0 Å². The van der Waals surface area contributed by atoms with Crippen molar-refractivity contribution in [1.82, 2.24) is 24.6 Å². The Balaban J connectivity index is 1.16. The van der Waals surface area contributed by atoms with Crippen molar-refractivity contribution in [3.05, 3.63) is 72.3 Å². The second kappa shape index (κ2) is 9.48. The highest BCUT2D eigenvalue weighted by molar-refractivity contribution is 6.04. The van der Waals surface area contributed by atoms with E-state index < -0.39 is 0 Å². The first kappa shape index (κ1) is 23.4. The molecule has 1 N–H and O–H groups in total. The lowest BCUT2D eigenvalue weighted by atomic mass is 9.73. The van der Waals surface area contributed by atoms with Crippen molar-refractivity contribution < 1.29 is 9.53 Å². The lowest BCUT2D eigenvalue weighted by Crippen LogP contribution is -2.62. The molecule has 2 aliphatic rings. The zero-order valence-electron chi connectivity index (χ0n) is 21.2. The number of aryl methyl sites for hydroxylation is 1. The van der Waals surface area contributed by atoms with Crippen LogP contribution in [0.1, 0.15) is 28.9 Å². The summed E-state index contributed by atoms with van der Waals surface area (Å²) in [5, 5.41) is 8.36. The van der Waals surface area contributed by atoms with Crippen molar-refractivity contribution in [2.45, 2.75) is 19.4 Å². The van der Waals surface area contributed by atoms with Gasteiger partial charge in [-0.2, -0.15) is 5.10 Å². The molecule has 0 atom stereocenters. The van der Waals surface area contributed by atoms with Crippen LogP contribution in [0.2, 0.25) is 0 Å². The van der Waals surface area contributed by atoms with Gasteiger partial charge in [-0.05, 0) is 38.1 Å². The van der Waals surface area contributed by atoms with Crippen LogP contribution in [0.4, 0.5) is 11.5 Å². The number of fused-ring (bicyclic) bond motifs is 1. The van der Waals surface area contributed by atoms with Gasteiger partial charge in [0, 0.05) is 49.7 Å². The van der Waals surface area contributed by atoms with Gasteiger partial charge in [-0.3, -0.25) is 9.48 Å². The lowest BCUT2D eigenvalue weighted by Gasteiger charge is -2.54. The van der Waals surface area contributed by atoms with Crippen LogP contribution >= 0.6 is 0 Å². The number of hydrogen-bond acceptors (Lipinski definition) is 7. The van der Waals surface area contributed by atoms with E-state index in [4.69, 9.17) is 4.74 Å². The van der Waals surface area contributed by atoms with Crippen LogP contribution in [-0.4, -0.2) is 63.8 Å². The number of anilines is 2. The number of piperidine rings is 1. The molecule has 1 spiro atoms. The fraction of sp³-hybridized carbons (Fsp3) is 0.357. The quantitative estimate of drug-likeness (QED) is 0.434. The van der Waals surface area contributed by atoms with E-state index in [1.54, 1.807) is 17.1 Å². The third-order valence-electron chi connectivity index (χ3n) is 7.31. The second-order valence-corrected chi connectivity index (χ2v) is 10.4. The maximum Gasteiger partial charge on any atom is 0.275 e. The van der Waals surface area contributed by atoms with Crippen molar-refractivity contribution in [3.63, 3.8) is 0 Å². The first-order chi connectivity index (χ1) is 18.0. The minimum atomic E-state index is -0.333. The average molecular weight is 498 g/mol. The van der Waals surface area contributed by atoms with Gasteiger partial charge in [0.1, 0.15) is 23.9 Å². The van der Waals surface area contributed by atoms with Crippen LogP contribution in [0.25, 0.3) is 10.9 Å². The summed E-state index contributed by atoms with van der Waals surface area (Å²) in [5.74, 6) is 1.04. The summed E-state index contributed by atoms with van der Waals surface area (Å²) in [5.41, 5.74) is 3.03. The van der Waals surface area contributed by atoms with Crippen molar-refractivity contribution in [2.75, 3.05) is 43.4 Å². The minimum Gasteiger partial charge on any atom is -0.487 e. The summed E-state index contributed by atoms with van der Waals surface area (Å²) in [6, 6.07) is 13.6. The van der Waals surface area contributed by atoms with E-state index in [0.29, 0.717) is 23.5 Å². The summed E-state index contributed by atoms with van der Waals surface area (Å²) < 4.78 is 7.84. The zero-order chi connectivity index (χ0) is 25.4. The Hall–Kier alpha value is -3.98. The van der Waals surface area contributed by atoms with E-state index in [9.17, 15) is 4.79 Å². The number of carbonyl (C=O) groups excluding carboxylic acids is 1. The zero-order valence-corrected chi connectivity index (χ0v) is 21.2. The lowest BCUT2D eigenvalue weighted by molar-refractivity contribution is 0.0777. The summed E-state index contributed by atoms with van der Waals surface area (Å²) >= 11 is 0. The predicted octanol–water partition coefficient (Wildman–Crippen LogP) is 3.73. The van der Waals surface area contributed by atoms with E-state index >= 15 is 0 Å². The number of aromatic nitrogens is 4. The maximum absolute atomic E-state index is 13.1. The molecule has 190 valence electrons. The Morgan fingerprint density at radius 3 is 2.68 bits per heavy atom. The molecule has 37 heavy (non-hydrogen) atoms. The van der Waals surface area contributed by atoms with Gasteiger partial charge in [-0.1, -0.05) is 30.3 Å². The number of nitrogens with zero attached hydrogens (tertiary/aromatic N) is 6. The molecule has 2 fully saturated rings. The molecular weight excluding hydrogens is 466 g/mol. The Morgan fingerprint density at radius 2 is 1.92 bits per heavy atom. The summed E-state index contributed by atoms with van der Waals surface area (Å²) in [4.78, 5) is 26.8. The molecule has 0 aliphatic carbocycles. The molecular formula is C28H31N7O2. The van der Waals surface area contributed by atoms with Crippen LogP contribution in [0.15, 0.2) is 61.1 Å². The van der Waals surface area contributed by atoms with Gasteiger partial charge in [-0.15, -0.1) is 0 Å². The Kier molecular flexibility index (Phi) is 6.00. The number of ether oxygens (including phenoxy) is 1. The normalized spacial score (nSPS) is 17.1. The number of benzene rings is 2. The first-order valence-corrected chi connectivity index (χ1v) is 12.7. The Bertz CT molecular complexity index is 1410. The first-order valence-electron chi connectivity index (χ1n) is 12.7. The van der Waals surface area contributed by atoms with E-state index in [1.165, 1.54) is 19.4 Å². The van der Waals surface area contributed by atoms with E-state index in [1.807, 2.05) is 55.7 Å². The van der Waals surface area contributed by atoms with E-state index in [0.717, 1.165) is 41.9 Å². The fourth-order valence-electron chi connectivity index (χ4n) is 5.55. The molecule has 9 heteroatoms. The number of carbonyl (C=O) groups is 1. The summed E-state index contributed by atoms with van der Waals surface area (Å²) in [6.07, 6.45) is 7.67. The van der Waals surface area contributed by atoms with Gasteiger partial charge >= 0.3 is 0 Å². The number of hydrogen-bond donors (Lipinski definition) is 1. The largest absolute Gasteiger partial charge is 0.487 e. The van der Waals surface area contributed by atoms with Crippen LogP contribution in [0, 0.1) is 5.41 Å². The van der Waals surface area contributed by atoms with E-state index in [2.05, 4.69) is 37.2 Å². The van der Waals surface area contributed by atoms with Crippen LogP contribution in [0.3, 0.4) is 0 Å². The Labute approximate surface area is 216 Å². The van der Waals surface area contributed by atoms with Crippen LogP contribution in [-0.2, 0) is 13.7 Å². The highest BCUT2D eigenvalue weighted by Crippen LogP contribution is 2.40. The van der Waals surface area contributed by atoms with Crippen molar-refractivity contribution in [3.8, 4) is 5.75 Å². The molecule has 9 nitrogen and oxygen atoms in total. The third kappa shape index (κ3) is 4.86.